The van der Waals surface area contributed by atoms with Crippen molar-refractivity contribution in [3.8, 4) is 5.75 Å². The summed E-state index contributed by atoms with van der Waals surface area (Å²) in [5.74, 6) is -4.13. The number of ether oxygens (including phenoxy) is 5. The molecule has 0 bridgehead atoms. The monoisotopic (exact) mass is 506 g/mol. The number of fused-ring (bicyclic) bond motifs is 1. The zero-order valence-corrected chi connectivity index (χ0v) is 20.0. The smallest absolute Gasteiger partial charge is 0.337 e. The molecular formula is C23H26N2O11. The van der Waals surface area contributed by atoms with Gasteiger partial charge in [-0.25, -0.2) is 9.78 Å². The molecule has 194 valence electrons. The Hall–Kier alpha value is -4.00. The van der Waals surface area contributed by atoms with Gasteiger partial charge in [-0.15, -0.1) is 0 Å². The highest BCUT2D eigenvalue weighted by atomic mass is 16.7. The van der Waals surface area contributed by atoms with E-state index in [2.05, 4.69) is 4.98 Å². The second-order valence-electron chi connectivity index (χ2n) is 8.01. The number of aliphatic carboxylic acids is 1. The third-order valence-electron chi connectivity index (χ3n) is 5.17. The van der Waals surface area contributed by atoms with E-state index in [9.17, 15) is 29.1 Å². The molecular weight excluding hydrogens is 480 g/mol. The highest BCUT2D eigenvalue weighted by molar-refractivity contribution is 5.75. The number of aromatic nitrogens is 2. The molecule has 0 radical (unpaired) electrons. The molecule has 3 unspecified atom stereocenters. The molecule has 1 saturated heterocycles. The molecule has 3 heterocycles. The van der Waals surface area contributed by atoms with Gasteiger partial charge >= 0.3 is 23.9 Å². The van der Waals surface area contributed by atoms with E-state index in [0.717, 1.165) is 27.2 Å². The fourth-order valence-corrected chi connectivity index (χ4v) is 3.84. The van der Waals surface area contributed by atoms with E-state index in [0.29, 0.717) is 12.0 Å². The van der Waals surface area contributed by atoms with Crippen molar-refractivity contribution in [2.45, 2.75) is 71.2 Å². The highest BCUT2D eigenvalue weighted by Gasteiger charge is 2.55. The van der Waals surface area contributed by atoms with E-state index >= 15 is 0 Å². The number of carboxylic acid groups (broad SMARTS) is 1. The number of carbonyl (C=O) groups is 4. The number of hydrogen-bond acceptors (Lipinski definition) is 11. The van der Waals surface area contributed by atoms with Crippen LogP contribution >= 0.6 is 0 Å². The van der Waals surface area contributed by atoms with Gasteiger partial charge in [-0.1, -0.05) is 13.3 Å². The van der Waals surface area contributed by atoms with E-state index in [1.807, 2.05) is 6.92 Å². The van der Waals surface area contributed by atoms with E-state index < -0.39 is 54.6 Å². The minimum absolute atomic E-state index is 0.00329. The Morgan fingerprint density at radius 3 is 2.22 bits per heavy atom. The molecule has 36 heavy (non-hydrogen) atoms. The van der Waals surface area contributed by atoms with Crippen molar-refractivity contribution in [3.05, 3.63) is 40.4 Å². The van der Waals surface area contributed by atoms with Gasteiger partial charge in [-0.2, -0.15) is 0 Å². The summed E-state index contributed by atoms with van der Waals surface area (Å²) in [7, 11) is 0. The van der Waals surface area contributed by atoms with Crippen LogP contribution in [0.1, 0.15) is 39.7 Å². The number of pyridine rings is 1. The SMILES string of the molecule is CCCc1cnc2c(O[C@@H]3OC(C(=O)O)[C@@H](OC(C)=O)C(OC(C)=O)C3OC(C)=O)cccn2c1=O. The fourth-order valence-electron chi connectivity index (χ4n) is 3.84. The molecule has 5 atom stereocenters. The quantitative estimate of drug-likeness (QED) is 0.392. The van der Waals surface area contributed by atoms with E-state index in [-0.39, 0.29) is 17.0 Å². The zero-order valence-electron chi connectivity index (χ0n) is 20.0. The predicted molar refractivity (Wildman–Crippen MR) is 119 cm³/mol. The maximum atomic E-state index is 12.8. The third-order valence-corrected chi connectivity index (χ3v) is 5.17. The van der Waals surface area contributed by atoms with Crippen LogP contribution < -0.4 is 10.3 Å². The van der Waals surface area contributed by atoms with Crippen molar-refractivity contribution < 1.29 is 48.0 Å². The summed E-state index contributed by atoms with van der Waals surface area (Å²) < 4.78 is 28.3. The maximum absolute atomic E-state index is 12.8. The first-order valence-electron chi connectivity index (χ1n) is 11.1. The zero-order chi connectivity index (χ0) is 26.6. The number of aryl methyl sites for hydroxylation is 1. The summed E-state index contributed by atoms with van der Waals surface area (Å²) in [5, 5.41) is 9.74. The lowest BCUT2D eigenvalue weighted by Gasteiger charge is -2.42. The third kappa shape index (κ3) is 5.79. The number of rotatable bonds is 8. The van der Waals surface area contributed by atoms with Crippen LogP contribution in [0.15, 0.2) is 29.3 Å². The number of hydrogen-bond donors (Lipinski definition) is 1. The molecule has 0 spiro atoms. The van der Waals surface area contributed by atoms with Crippen LogP contribution in [0.25, 0.3) is 5.65 Å². The standard InChI is InChI=1S/C23H26N2O11/c1-5-7-14-10-24-20-15(8-6-9-25(20)21(14)29)35-23-19(34-13(4)28)17(33-12(3)27)16(32-11(2)26)18(36-23)22(30)31/h6,8-10,16-19,23H,5,7H2,1-4H3,(H,30,31)/t16-,17?,18?,19?,23+/m0/s1. The molecule has 0 saturated carbocycles. The molecule has 1 aliphatic heterocycles. The first kappa shape index (κ1) is 26.6. The van der Waals surface area contributed by atoms with Gasteiger partial charge in [0.15, 0.2) is 29.7 Å². The molecule has 1 aliphatic rings. The van der Waals surface area contributed by atoms with Gasteiger partial charge in [-0.3, -0.25) is 23.6 Å². The van der Waals surface area contributed by atoms with Crippen LogP contribution in [0, 0.1) is 0 Å². The Bertz CT molecular complexity index is 1220. The Morgan fingerprint density at radius 1 is 1.03 bits per heavy atom. The van der Waals surface area contributed by atoms with Gasteiger partial charge in [0.1, 0.15) is 0 Å². The number of carbonyl (C=O) groups excluding carboxylic acids is 3. The van der Waals surface area contributed by atoms with Crippen molar-refractivity contribution in [2.75, 3.05) is 0 Å². The van der Waals surface area contributed by atoms with E-state index in [1.54, 1.807) is 0 Å². The van der Waals surface area contributed by atoms with Crippen molar-refractivity contribution in [1.29, 1.82) is 0 Å². The van der Waals surface area contributed by atoms with Crippen molar-refractivity contribution in [3.63, 3.8) is 0 Å². The minimum Gasteiger partial charge on any atom is -0.479 e. The average molecular weight is 506 g/mol. The van der Waals surface area contributed by atoms with Gasteiger partial charge in [0, 0.05) is 38.7 Å². The van der Waals surface area contributed by atoms with Gasteiger partial charge in [0.2, 0.25) is 12.4 Å². The molecule has 1 fully saturated rings. The Kier molecular flexibility index (Phi) is 8.25. The minimum atomic E-state index is -1.85. The van der Waals surface area contributed by atoms with E-state index in [1.165, 1.54) is 28.9 Å². The van der Waals surface area contributed by atoms with Crippen LogP contribution in [0.5, 0.6) is 5.75 Å². The van der Waals surface area contributed by atoms with Crippen molar-refractivity contribution >= 4 is 29.5 Å². The fraction of sp³-hybridized carbons (Fsp3) is 0.478. The van der Waals surface area contributed by atoms with E-state index in [4.69, 9.17) is 23.7 Å². The number of carboxylic acids is 1. The van der Waals surface area contributed by atoms with Gasteiger partial charge < -0.3 is 28.8 Å². The lowest BCUT2D eigenvalue weighted by molar-refractivity contribution is -0.281. The molecule has 2 aromatic rings. The predicted octanol–water partition coefficient (Wildman–Crippen LogP) is 0.630. The summed E-state index contributed by atoms with van der Waals surface area (Å²) >= 11 is 0. The number of nitrogens with zero attached hydrogens (tertiary/aromatic N) is 2. The van der Waals surface area contributed by atoms with Crippen LogP contribution in [-0.4, -0.2) is 69.1 Å². The van der Waals surface area contributed by atoms with Gasteiger partial charge in [-0.05, 0) is 18.6 Å². The molecule has 0 aliphatic carbocycles. The largest absolute Gasteiger partial charge is 0.479 e. The van der Waals surface area contributed by atoms with Crippen LogP contribution in [0.2, 0.25) is 0 Å². The summed E-state index contributed by atoms with van der Waals surface area (Å²) in [6, 6.07) is 2.95. The molecule has 0 aromatic carbocycles. The number of esters is 3. The summed E-state index contributed by atoms with van der Waals surface area (Å²) in [6.07, 6.45) is -4.13. The molecule has 0 amide bonds. The lowest BCUT2D eigenvalue weighted by Crippen LogP contribution is -2.64. The Morgan fingerprint density at radius 2 is 1.64 bits per heavy atom. The molecule has 13 heteroatoms. The molecule has 1 N–H and O–H groups in total. The summed E-state index contributed by atoms with van der Waals surface area (Å²) in [5.41, 5.74) is 0.263. The average Bonchev–Trinajstić information content (AvgIpc) is 2.78. The Balaban J connectivity index is 2.09. The van der Waals surface area contributed by atoms with Crippen LogP contribution in [0.4, 0.5) is 0 Å². The highest BCUT2D eigenvalue weighted by Crippen LogP contribution is 2.31. The van der Waals surface area contributed by atoms with Crippen LogP contribution in [-0.2, 0) is 44.5 Å². The van der Waals surface area contributed by atoms with Crippen molar-refractivity contribution in [1.82, 2.24) is 9.38 Å². The maximum Gasteiger partial charge on any atom is 0.337 e. The second-order valence-corrected chi connectivity index (χ2v) is 8.01. The summed E-state index contributed by atoms with van der Waals surface area (Å²) in [4.78, 5) is 64.5. The van der Waals surface area contributed by atoms with Crippen molar-refractivity contribution in [2.24, 2.45) is 0 Å². The molecule has 13 nitrogen and oxygen atoms in total. The first-order chi connectivity index (χ1) is 17.0. The van der Waals surface area contributed by atoms with Crippen LogP contribution in [0.3, 0.4) is 0 Å². The Labute approximate surface area is 204 Å². The second kappa shape index (κ2) is 11.2. The first-order valence-corrected chi connectivity index (χ1v) is 11.1. The molecule has 3 rings (SSSR count). The van der Waals surface area contributed by atoms with Gasteiger partial charge in [0.05, 0.1) is 0 Å². The topological polar surface area (TPSA) is 169 Å². The van der Waals surface area contributed by atoms with Gasteiger partial charge in [0.25, 0.3) is 5.56 Å². The molecule has 2 aromatic heterocycles. The lowest BCUT2D eigenvalue weighted by atomic mass is 9.97. The normalized spacial score (nSPS) is 23.5. The summed E-state index contributed by atoms with van der Waals surface area (Å²) in [6.45, 7) is 5.07.